The smallest absolute Gasteiger partial charge is 0.0860 e. The van der Waals surface area contributed by atoms with Gasteiger partial charge in [0.2, 0.25) is 0 Å². The Balaban J connectivity index is 2.07. The third-order valence-corrected chi connectivity index (χ3v) is 6.49. The Morgan fingerprint density at radius 3 is 2.24 bits per heavy atom. The molecule has 2 aromatic carbocycles. The van der Waals surface area contributed by atoms with E-state index < -0.39 is 10.0 Å². The van der Waals surface area contributed by atoms with Gasteiger partial charge in [0, 0.05) is 10.6 Å². The van der Waals surface area contributed by atoms with Gasteiger partial charge in [-0.1, -0.05) is 42.5 Å². The number of rotatable bonds is 1. The zero-order valence-corrected chi connectivity index (χ0v) is 11.0. The summed E-state index contributed by atoms with van der Waals surface area (Å²) < 4.78 is 0. The van der Waals surface area contributed by atoms with E-state index in [1.54, 1.807) is 0 Å². The highest BCUT2D eigenvalue weighted by Crippen LogP contribution is 2.67. The van der Waals surface area contributed by atoms with Gasteiger partial charge in [-0.05, 0) is 30.2 Å². The van der Waals surface area contributed by atoms with Crippen molar-refractivity contribution in [2.75, 3.05) is 17.8 Å². The molecule has 0 aliphatic carbocycles. The molecule has 2 aromatic rings. The molecule has 0 aromatic heterocycles. The summed E-state index contributed by atoms with van der Waals surface area (Å²) in [4.78, 5) is 1.49. The summed E-state index contributed by atoms with van der Waals surface area (Å²) in [5.74, 6) is 0. The maximum absolute atomic E-state index is 3.68. The molecule has 0 bridgehead atoms. The average Bonchev–Trinajstić information content (AvgIpc) is 2.63. The first kappa shape index (κ1) is 10.7. The van der Waals surface area contributed by atoms with Crippen molar-refractivity contribution >= 4 is 15.7 Å². The van der Waals surface area contributed by atoms with Crippen LogP contribution in [0.2, 0.25) is 0 Å². The number of hydrogen-bond acceptors (Lipinski definition) is 1. The first-order valence-corrected chi connectivity index (χ1v) is 8.33. The molecule has 0 fully saturated rings. The molecule has 1 aliphatic heterocycles. The third-order valence-electron chi connectivity index (χ3n) is 3.43. The lowest BCUT2D eigenvalue weighted by Crippen LogP contribution is -2.09. The highest BCUT2D eigenvalue weighted by molar-refractivity contribution is 8.33. The van der Waals surface area contributed by atoms with Crippen LogP contribution < -0.4 is 5.32 Å². The summed E-state index contributed by atoms with van der Waals surface area (Å²) in [6, 6.07) is 19.5. The topological polar surface area (TPSA) is 12.0 Å². The Kier molecular flexibility index (Phi) is 2.40. The lowest BCUT2D eigenvalue weighted by molar-refractivity contribution is 1.12. The molecule has 0 amide bonds. The molecule has 1 aliphatic rings. The van der Waals surface area contributed by atoms with Crippen molar-refractivity contribution in [1.29, 1.82) is 0 Å². The number of nitrogens with one attached hydrogen (secondary N) is 1. The molecular formula is C15H17NS. The van der Waals surface area contributed by atoms with Crippen molar-refractivity contribution in [2.45, 2.75) is 10.3 Å². The van der Waals surface area contributed by atoms with E-state index in [-0.39, 0.29) is 0 Å². The minimum Gasteiger partial charge on any atom is -0.370 e. The Bertz CT molecular complexity index is 534. The van der Waals surface area contributed by atoms with Gasteiger partial charge in [0.15, 0.2) is 0 Å². The minimum absolute atomic E-state index is 0.445. The van der Waals surface area contributed by atoms with Crippen molar-refractivity contribution in [2.24, 2.45) is 0 Å². The molecule has 1 N–H and O–H groups in total. The normalized spacial score (nSPS) is 22.6. The second kappa shape index (κ2) is 3.81. The van der Waals surface area contributed by atoms with Crippen LogP contribution in [-0.4, -0.2) is 12.5 Å². The van der Waals surface area contributed by atoms with E-state index in [4.69, 9.17) is 0 Å². The largest absolute Gasteiger partial charge is 0.370 e. The Hall–Kier alpha value is -1.41. The fourth-order valence-corrected chi connectivity index (χ4v) is 5.15. The van der Waals surface area contributed by atoms with Crippen LogP contribution in [0.3, 0.4) is 0 Å². The monoisotopic (exact) mass is 243 g/mol. The molecule has 17 heavy (non-hydrogen) atoms. The SMILES string of the molecule is CS1(C)c2ccccc2NC1c1ccccc1. The first-order chi connectivity index (χ1) is 8.19. The van der Waals surface area contributed by atoms with Gasteiger partial charge in [0.1, 0.15) is 0 Å². The summed E-state index contributed by atoms with van der Waals surface area (Å²) in [6.07, 6.45) is 4.78. The van der Waals surface area contributed by atoms with Crippen molar-refractivity contribution in [3.63, 3.8) is 0 Å². The van der Waals surface area contributed by atoms with Gasteiger partial charge in [0.25, 0.3) is 0 Å². The third kappa shape index (κ3) is 1.64. The highest BCUT2D eigenvalue weighted by atomic mass is 32.3. The number of hydrogen-bond donors (Lipinski definition) is 1. The van der Waals surface area contributed by atoms with Crippen molar-refractivity contribution in [3.05, 3.63) is 60.2 Å². The van der Waals surface area contributed by atoms with Gasteiger partial charge >= 0.3 is 0 Å². The van der Waals surface area contributed by atoms with Crippen molar-refractivity contribution in [1.82, 2.24) is 0 Å². The number of benzene rings is 2. The Morgan fingerprint density at radius 1 is 0.882 bits per heavy atom. The standard InChI is InChI=1S/C15H17NS/c1-17(2)14-11-7-6-10-13(14)16-15(17)12-8-4-3-5-9-12/h3-11,15-16H,1-2H3. The Morgan fingerprint density at radius 2 is 1.53 bits per heavy atom. The zero-order chi connectivity index (χ0) is 11.9. The molecule has 0 radical (unpaired) electrons. The quantitative estimate of drug-likeness (QED) is 0.790. The van der Waals surface area contributed by atoms with Crippen LogP contribution in [0.15, 0.2) is 59.5 Å². The van der Waals surface area contributed by atoms with E-state index in [2.05, 4.69) is 72.4 Å². The van der Waals surface area contributed by atoms with Gasteiger partial charge in [0.05, 0.1) is 5.37 Å². The van der Waals surface area contributed by atoms with Crippen LogP contribution in [0.1, 0.15) is 10.9 Å². The molecule has 2 heteroatoms. The maximum atomic E-state index is 3.68. The first-order valence-electron chi connectivity index (χ1n) is 5.82. The minimum atomic E-state index is -0.811. The number of para-hydroxylation sites is 1. The molecule has 0 saturated heterocycles. The van der Waals surface area contributed by atoms with Gasteiger partial charge in [-0.15, -0.1) is 0 Å². The fraction of sp³-hybridized carbons (Fsp3) is 0.200. The van der Waals surface area contributed by atoms with Gasteiger partial charge in [-0.2, -0.15) is 10.0 Å². The summed E-state index contributed by atoms with van der Waals surface area (Å²) >= 11 is 0. The molecule has 0 spiro atoms. The van der Waals surface area contributed by atoms with Crippen molar-refractivity contribution in [3.8, 4) is 0 Å². The summed E-state index contributed by atoms with van der Waals surface area (Å²) in [5, 5.41) is 4.12. The van der Waals surface area contributed by atoms with E-state index in [1.807, 2.05) is 0 Å². The lowest BCUT2D eigenvalue weighted by Gasteiger charge is -2.33. The van der Waals surface area contributed by atoms with Crippen molar-refractivity contribution < 1.29 is 0 Å². The van der Waals surface area contributed by atoms with E-state index >= 15 is 0 Å². The van der Waals surface area contributed by atoms with Gasteiger partial charge in [-0.3, -0.25) is 0 Å². The second-order valence-corrected chi connectivity index (χ2v) is 8.56. The van der Waals surface area contributed by atoms with Crippen LogP contribution in [0.4, 0.5) is 5.69 Å². The molecule has 1 atom stereocenters. The van der Waals surface area contributed by atoms with E-state index in [0.29, 0.717) is 5.37 Å². The fourth-order valence-electron chi connectivity index (χ4n) is 2.51. The van der Waals surface area contributed by atoms with Gasteiger partial charge < -0.3 is 5.32 Å². The van der Waals surface area contributed by atoms with E-state index in [1.165, 1.54) is 16.1 Å². The van der Waals surface area contributed by atoms with Crippen LogP contribution in [0, 0.1) is 0 Å². The Labute approximate surface area is 104 Å². The molecule has 1 nitrogen and oxygen atoms in total. The lowest BCUT2D eigenvalue weighted by atomic mass is 10.2. The average molecular weight is 243 g/mol. The van der Waals surface area contributed by atoms with Crippen LogP contribution >= 0.6 is 10.0 Å². The predicted molar refractivity (Wildman–Crippen MR) is 77.0 cm³/mol. The number of fused-ring (bicyclic) bond motifs is 1. The van der Waals surface area contributed by atoms with E-state index in [0.717, 1.165) is 0 Å². The van der Waals surface area contributed by atoms with Crippen LogP contribution in [0.5, 0.6) is 0 Å². The summed E-state index contributed by atoms with van der Waals surface area (Å²) in [7, 11) is -0.811. The predicted octanol–water partition coefficient (Wildman–Crippen LogP) is 4.23. The molecule has 3 rings (SSSR count). The molecule has 88 valence electrons. The van der Waals surface area contributed by atoms with Crippen LogP contribution in [-0.2, 0) is 0 Å². The zero-order valence-electron chi connectivity index (χ0n) is 10.2. The number of anilines is 1. The van der Waals surface area contributed by atoms with E-state index in [9.17, 15) is 0 Å². The van der Waals surface area contributed by atoms with Crippen LogP contribution in [0.25, 0.3) is 0 Å². The summed E-state index contributed by atoms with van der Waals surface area (Å²) in [6.45, 7) is 0. The molecule has 1 unspecified atom stereocenters. The second-order valence-electron chi connectivity index (χ2n) is 4.84. The highest BCUT2D eigenvalue weighted by Gasteiger charge is 2.35. The molecule has 1 heterocycles. The molecular weight excluding hydrogens is 226 g/mol. The van der Waals surface area contributed by atoms with Gasteiger partial charge in [-0.25, -0.2) is 0 Å². The summed E-state index contributed by atoms with van der Waals surface area (Å²) in [5.41, 5.74) is 2.70. The molecule has 0 saturated carbocycles. The maximum Gasteiger partial charge on any atom is 0.0860 e.